The summed E-state index contributed by atoms with van der Waals surface area (Å²) in [6.07, 6.45) is 2.58. The number of likely N-dealkylation sites (tertiary alicyclic amines) is 1. The predicted octanol–water partition coefficient (Wildman–Crippen LogP) is 0.523. The van der Waals surface area contributed by atoms with Gasteiger partial charge >= 0.3 is 7.12 Å². The molecule has 2 rings (SSSR count). The molecule has 0 radical (unpaired) electrons. The van der Waals surface area contributed by atoms with Crippen LogP contribution in [-0.4, -0.2) is 35.2 Å². The molecule has 0 saturated carbocycles. The van der Waals surface area contributed by atoms with E-state index in [1.54, 1.807) is 12.1 Å². The van der Waals surface area contributed by atoms with E-state index in [2.05, 4.69) is 11.8 Å². The van der Waals surface area contributed by atoms with E-state index in [0.29, 0.717) is 11.5 Å². The van der Waals surface area contributed by atoms with Gasteiger partial charge in [0, 0.05) is 6.04 Å². The highest BCUT2D eigenvalue weighted by atomic mass is 16.4. The molecule has 0 amide bonds. The maximum Gasteiger partial charge on any atom is 0.488 e. The van der Waals surface area contributed by atoms with Crippen molar-refractivity contribution in [3.8, 4) is 0 Å². The van der Waals surface area contributed by atoms with Crippen LogP contribution in [-0.2, 0) is 0 Å². The minimum Gasteiger partial charge on any atom is -0.423 e. The van der Waals surface area contributed by atoms with Crippen LogP contribution in [0.2, 0.25) is 0 Å². The summed E-state index contributed by atoms with van der Waals surface area (Å²) in [5.74, 6) is 0. The summed E-state index contributed by atoms with van der Waals surface area (Å²) in [6.45, 7) is 4.55. The molecule has 2 N–H and O–H groups in total. The summed E-state index contributed by atoms with van der Waals surface area (Å²) in [6, 6.07) is 7.96. The quantitative estimate of drug-likeness (QED) is 0.728. The highest BCUT2D eigenvalue weighted by Crippen LogP contribution is 2.23. The highest BCUT2D eigenvalue weighted by Gasteiger charge is 2.19. The molecule has 4 heteroatoms. The van der Waals surface area contributed by atoms with E-state index in [9.17, 15) is 0 Å². The summed E-state index contributed by atoms with van der Waals surface area (Å²) in [5, 5.41) is 18.0. The lowest BCUT2D eigenvalue weighted by Crippen LogP contribution is -2.30. The van der Waals surface area contributed by atoms with Gasteiger partial charge < -0.3 is 10.0 Å². The Morgan fingerprint density at radius 1 is 1.12 bits per heavy atom. The minimum absolute atomic E-state index is 0.424. The topological polar surface area (TPSA) is 43.7 Å². The number of hydrogen-bond acceptors (Lipinski definition) is 3. The van der Waals surface area contributed by atoms with Crippen molar-refractivity contribution in [3.63, 3.8) is 0 Å². The van der Waals surface area contributed by atoms with Crippen LogP contribution in [0.15, 0.2) is 24.3 Å². The van der Waals surface area contributed by atoms with Crippen molar-refractivity contribution in [2.75, 3.05) is 13.1 Å². The van der Waals surface area contributed by atoms with Gasteiger partial charge in [0.05, 0.1) is 0 Å². The smallest absolute Gasteiger partial charge is 0.423 e. The summed E-state index contributed by atoms with van der Waals surface area (Å²) in [7, 11) is -1.36. The first-order valence-electron chi connectivity index (χ1n) is 5.88. The molecule has 1 aromatic rings. The molecule has 1 aliphatic heterocycles. The maximum atomic E-state index is 9.01. The molecule has 0 bridgehead atoms. The van der Waals surface area contributed by atoms with E-state index in [4.69, 9.17) is 10.0 Å². The van der Waals surface area contributed by atoms with Crippen molar-refractivity contribution in [1.29, 1.82) is 0 Å². The SMILES string of the molecule is CC(c1ccc(B(O)O)cc1)N1CCCC1. The van der Waals surface area contributed by atoms with Crippen LogP contribution in [0, 0.1) is 0 Å². The molecule has 0 aliphatic carbocycles. The molecule has 1 heterocycles. The molecule has 1 unspecified atom stereocenters. The van der Waals surface area contributed by atoms with Gasteiger partial charge in [-0.15, -0.1) is 0 Å². The second kappa shape index (κ2) is 5.00. The Bertz CT molecular complexity index is 333. The van der Waals surface area contributed by atoms with Gasteiger partial charge in [-0.25, -0.2) is 0 Å². The largest absolute Gasteiger partial charge is 0.488 e. The lowest BCUT2D eigenvalue weighted by molar-refractivity contribution is 0.263. The third-order valence-corrected chi connectivity index (χ3v) is 3.41. The fraction of sp³-hybridized carbons (Fsp3) is 0.500. The first-order valence-corrected chi connectivity index (χ1v) is 5.88. The van der Waals surface area contributed by atoms with E-state index in [-0.39, 0.29) is 0 Å². The highest BCUT2D eigenvalue weighted by molar-refractivity contribution is 6.58. The fourth-order valence-corrected chi connectivity index (χ4v) is 2.29. The molecule has 3 nitrogen and oxygen atoms in total. The normalized spacial score (nSPS) is 18.7. The number of hydrogen-bond donors (Lipinski definition) is 2. The minimum atomic E-state index is -1.36. The molecule has 0 aromatic heterocycles. The standard InChI is InChI=1S/C12H18BNO2/c1-10(14-8-2-3-9-14)11-4-6-12(7-5-11)13(15)16/h4-7,10,15-16H,2-3,8-9H2,1H3. The second-order valence-corrected chi connectivity index (χ2v) is 4.46. The number of benzene rings is 1. The van der Waals surface area contributed by atoms with E-state index in [1.165, 1.54) is 31.5 Å². The maximum absolute atomic E-state index is 9.01. The summed E-state index contributed by atoms with van der Waals surface area (Å²) in [5.41, 5.74) is 1.80. The van der Waals surface area contributed by atoms with E-state index < -0.39 is 7.12 Å². The van der Waals surface area contributed by atoms with Crippen molar-refractivity contribution in [3.05, 3.63) is 29.8 Å². The van der Waals surface area contributed by atoms with Crippen LogP contribution in [0.4, 0.5) is 0 Å². The Hall–Kier alpha value is -0.835. The zero-order valence-electron chi connectivity index (χ0n) is 9.63. The van der Waals surface area contributed by atoms with Crippen LogP contribution in [0.5, 0.6) is 0 Å². The lowest BCUT2D eigenvalue weighted by atomic mass is 9.80. The van der Waals surface area contributed by atoms with Gasteiger partial charge in [-0.05, 0) is 43.9 Å². The van der Waals surface area contributed by atoms with Crippen molar-refractivity contribution in [2.45, 2.75) is 25.8 Å². The molecule has 1 saturated heterocycles. The Morgan fingerprint density at radius 2 is 1.69 bits per heavy atom. The Kier molecular flexibility index (Phi) is 3.64. The van der Waals surface area contributed by atoms with Crippen molar-refractivity contribution in [1.82, 2.24) is 4.90 Å². The lowest BCUT2D eigenvalue weighted by Gasteiger charge is -2.24. The first-order chi connectivity index (χ1) is 7.68. The van der Waals surface area contributed by atoms with Crippen LogP contribution < -0.4 is 5.46 Å². The number of rotatable bonds is 3. The summed E-state index contributed by atoms with van der Waals surface area (Å²) < 4.78 is 0. The molecule has 0 spiro atoms. The van der Waals surface area contributed by atoms with Gasteiger partial charge in [0.1, 0.15) is 0 Å². The van der Waals surface area contributed by atoms with Gasteiger partial charge in [-0.2, -0.15) is 0 Å². The van der Waals surface area contributed by atoms with E-state index in [1.807, 2.05) is 12.1 Å². The molecule has 1 aromatic carbocycles. The zero-order chi connectivity index (χ0) is 11.5. The zero-order valence-corrected chi connectivity index (χ0v) is 9.63. The third kappa shape index (κ3) is 2.46. The van der Waals surface area contributed by atoms with Crippen LogP contribution >= 0.6 is 0 Å². The van der Waals surface area contributed by atoms with Crippen LogP contribution in [0.1, 0.15) is 31.4 Å². The average Bonchev–Trinajstić information content (AvgIpc) is 2.81. The van der Waals surface area contributed by atoms with Crippen molar-refractivity contribution in [2.24, 2.45) is 0 Å². The molecule has 1 aliphatic rings. The van der Waals surface area contributed by atoms with Crippen molar-refractivity contribution < 1.29 is 10.0 Å². The summed E-state index contributed by atoms with van der Waals surface area (Å²) >= 11 is 0. The van der Waals surface area contributed by atoms with Gasteiger partial charge in [0.25, 0.3) is 0 Å². The van der Waals surface area contributed by atoms with Gasteiger partial charge in [0.2, 0.25) is 0 Å². The molecular formula is C12H18BNO2. The molecule has 1 atom stereocenters. The van der Waals surface area contributed by atoms with Gasteiger partial charge in [-0.3, -0.25) is 4.90 Å². The summed E-state index contributed by atoms with van der Waals surface area (Å²) in [4.78, 5) is 2.46. The van der Waals surface area contributed by atoms with Crippen LogP contribution in [0.25, 0.3) is 0 Å². The molecule has 86 valence electrons. The molecule has 16 heavy (non-hydrogen) atoms. The van der Waals surface area contributed by atoms with Crippen molar-refractivity contribution >= 4 is 12.6 Å². The first kappa shape index (κ1) is 11.6. The fourth-order valence-electron chi connectivity index (χ4n) is 2.29. The second-order valence-electron chi connectivity index (χ2n) is 4.46. The predicted molar refractivity (Wildman–Crippen MR) is 65.5 cm³/mol. The molecule has 1 fully saturated rings. The average molecular weight is 219 g/mol. The number of nitrogens with zero attached hydrogens (tertiary/aromatic N) is 1. The third-order valence-electron chi connectivity index (χ3n) is 3.41. The Labute approximate surface area is 96.9 Å². The Balaban J connectivity index is 2.08. The van der Waals surface area contributed by atoms with E-state index >= 15 is 0 Å². The van der Waals surface area contributed by atoms with Crippen LogP contribution in [0.3, 0.4) is 0 Å². The monoisotopic (exact) mass is 219 g/mol. The molecular weight excluding hydrogens is 201 g/mol. The van der Waals surface area contributed by atoms with Gasteiger partial charge in [0.15, 0.2) is 0 Å². The van der Waals surface area contributed by atoms with Gasteiger partial charge in [-0.1, -0.05) is 24.3 Å². The van der Waals surface area contributed by atoms with E-state index in [0.717, 1.165) is 0 Å². The Morgan fingerprint density at radius 3 is 2.19 bits per heavy atom.